The minimum absolute atomic E-state index is 0.254. The fourth-order valence-corrected chi connectivity index (χ4v) is 3.88. The summed E-state index contributed by atoms with van der Waals surface area (Å²) >= 11 is 0. The van der Waals surface area contributed by atoms with Crippen LogP contribution in [0.3, 0.4) is 0 Å². The number of methoxy groups -OCH3 is 1. The van der Waals surface area contributed by atoms with Crippen LogP contribution >= 0.6 is 0 Å². The second kappa shape index (κ2) is 12.4. The SMILES string of the molecule is COc1ccc(/C=C/C(=O)NC(C)C(=O)NCc2ccccc2-c2ccc(Cn3cccn3)cc2)cc1. The molecule has 1 heterocycles. The van der Waals surface area contributed by atoms with Crippen LogP contribution in [0.1, 0.15) is 23.6 Å². The molecule has 0 fully saturated rings. The zero-order valence-electron chi connectivity index (χ0n) is 20.9. The highest BCUT2D eigenvalue weighted by molar-refractivity contribution is 5.95. The molecular weight excluding hydrogens is 464 g/mol. The summed E-state index contributed by atoms with van der Waals surface area (Å²) < 4.78 is 7.01. The number of nitrogens with zero attached hydrogens (tertiary/aromatic N) is 2. The molecule has 2 N–H and O–H groups in total. The van der Waals surface area contributed by atoms with Gasteiger partial charge in [-0.25, -0.2) is 0 Å². The first-order valence-corrected chi connectivity index (χ1v) is 12.1. The zero-order valence-corrected chi connectivity index (χ0v) is 20.9. The Kier molecular flexibility index (Phi) is 8.49. The molecule has 0 saturated carbocycles. The summed E-state index contributed by atoms with van der Waals surface area (Å²) in [6, 6.07) is 24.9. The van der Waals surface area contributed by atoms with Crippen molar-refractivity contribution in [2.75, 3.05) is 7.11 Å². The van der Waals surface area contributed by atoms with Gasteiger partial charge in [-0.15, -0.1) is 0 Å². The van der Waals surface area contributed by atoms with Gasteiger partial charge in [0, 0.05) is 25.0 Å². The fraction of sp³-hybridized carbons (Fsp3) is 0.167. The summed E-state index contributed by atoms with van der Waals surface area (Å²) in [6.07, 6.45) is 6.81. The second-order valence-electron chi connectivity index (χ2n) is 8.61. The third kappa shape index (κ3) is 7.18. The van der Waals surface area contributed by atoms with Crippen molar-refractivity contribution >= 4 is 17.9 Å². The highest BCUT2D eigenvalue weighted by Gasteiger charge is 2.15. The van der Waals surface area contributed by atoms with Gasteiger partial charge in [-0.1, -0.05) is 60.7 Å². The molecule has 4 aromatic rings. The van der Waals surface area contributed by atoms with Gasteiger partial charge in [0.1, 0.15) is 11.8 Å². The van der Waals surface area contributed by atoms with Gasteiger partial charge in [0.15, 0.2) is 0 Å². The summed E-state index contributed by atoms with van der Waals surface area (Å²) in [5.74, 6) is 0.153. The Morgan fingerprint density at radius 1 is 1.00 bits per heavy atom. The lowest BCUT2D eigenvalue weighted by atomic mass is 9.98. The summed E-state index contributed by atoms with van der Waals surface area (Å²) in [5.41, 5.74) is 5.13. The number of nitrogens with one attached hydrogen (secondary N) is 2. The molecule has 1 atom stereocenters. The van der Waals surface area contributed by atoms with Crippen LogP contribution in [0, 0.1) is 0 Å². The molecule has 1 unspecified atom stereocenters. The molecule has 4 rings (SSSR count). The van der Waals surface area contributed by atoms with Crippen LogP contribution in [0.2, 0.25) is 0 Å². The first kappa shape index (κ1) is 25.4. The molecule has 1 aromatic heterocycles. The average Bonchev–Trinajstić information content (AvgIpc) is 3.44. The highest BCUT2D eigenvalue weighted by Crippen LogP contribution is 2.24. The Balaban J connectivity index is 1.32. The van der Waals surface area contributed by atoms with E-state index in [9.17, 15) is 9.59 Å². The van der Waals surface area contributed by atoms with E-state index >= 15 is 0 Å². The van der Waals surface area contributed by atoms with Crippen molar-refractivity contribution in [3.63, 3.8) is 0 Å². The molecule has 7 nitrogen and oxygen atoms in total. The number of amides is 2. The van der Waals surface area contributed by atoms with Crippen LogP contribution in [0.4, 0.5) is 0 Å². The zero-order chi connectivity index (χ0) is 26.0. The molecule has 7 heteroatoms. The highest BCUT2D eigenvalue weighted by atomic mass is 16.5. The maximum Gasteiger partial charge on any atom is 0.244 e. The van der Waals surface area contributed by atoms with Crippen LogP contribution in [0.15, 0.2) is 97.3 Å². The number of ether oxygens (including phenoxy) is 1. The second-order valence-corrected chi connectivity index (χ2v) is 8.61. The van der Waals surface area contributed by atoms with Crippen molar-refractivity contribution in [1.29, 1.82) is 0 Å². The number of carbonyl (C=O) groups excluding carboxylic acids is 2. The summed E-state index contributed by atoms with van der Waals surface area (Å²) in [5, 5.41) is 9.90. The van der Waals surface area contributed by atoms with Crippen molar-refractivity contribution < 1.29 is 14.3 Å². The van der Waals surface area contributed by atoms with E-state index in [0.29, 0.717) is 13.1 Å². The Morgan fingerprint density at radius 3 is 2.46 bits per heavy atom. The number of hydrogen-bond acceptors (Lipinski definition) is 4. The minimum atomic E-state index is -0.679. The molecule has 2 amide bonds. The lowest BCUT2D eigenvalue weighted by Gasteiger charge is -2.15. The van der Waals surface area contributed by atoms with Gasteiger partial charge < -0.3 is 15.4 Å². The summed E-state index contributed by atoms with van der Waals surface area (Å²) in [7, 11) is 1.60. The molecule has 3 aromatic carbocycles. The van der Waals surface area contributed by atoms with Crippen molar-refractivity contribution in [3.05, 3.63) is 114 Å². The van der Waals surface area contributed by atoms with Crippen molar-refractivity contribution in [2.24, 2.45) is 0 Å². The van der Waals surface area contributed by atoms with Crippen LogP contribution in [-0.4, -0.2) is 34.7 Å². The van der Waals surface area contributed by atoms with Gasteiger partial charge in [-0.2, -0.15) is 5.10 Å². The average molecular weight is 495 g/mol. The molecule has 0 aliphatic rings. The standard InChI is InChI=1S/C30H30N4O3/c1-22(33-29(35)17-12-23-10-15-27(37-2)16-11-23)30(36)31-20-26-6-3-4-7-28(26)25-13-8-24(9-14-25)21-34-19-5-18-32-34/h3-19,22H,20-21H2,1-2H3,(H,31,36)(H,33,35)/b17-12+. The Hall–Kier alpha value is -4.65. The maximum absolute atomic E-state index is 12.7. The molecular formula is C30H30N4O3. The van der Waals surface area contributed by atoms with Gasteiger partial charge >= 0.3 is 0 Å². The van der Waals surface area contributed by atoms with E-state index in [1.54, 1.807) is 26.3 Å². The van der Waals surface area contributed by atoms with Gasteiger partial charge in [0.25, 0.3) is 0 Å². The van der Waals surface area contributed by atoms with E-state index in [2.05, 4.69) is 40.0 Å². The number of benzene rings is 3. The third-order valence-electron chi connectivity index (χ3n) is 5.93. The largest absolute Gasteiger partial charge is 0.497 e. The van der Waals surface area contributed by atoms with E-state index in [1.807, 2.05) is 65.5 Å². The topological polar surface area (TPSA) is 85.2 Å². The van der Waals surface area contributed by atoms with Gasteiger partial charge in [-0.3, -0.25) is 14.3 Å². The Labute approximate surface area is 216 Å². The number of rotatable bonds is 10. The monoisotopic (exact) mass is 494 g/mol. The molecule has 0 aliphatic heterocycles. The van der Waals surface area contributed by atoms with E-state index in [1.165, 1.54) is 6.08 Å². The molecule has 0 spiro atoms. The maximum atomic E-state index is 12.7. The fourth-order valence-electron chi connectivity index (χ4n) is 3.88. The lowest BCUT2D eigenvalue weighted by Crippen LogP contribution is -2.44. The lowest BCUT2D eigenvalue weighted by molar-refractivity contribution is -0.126. The van der Waals surface area contributed by atoms with E-state index in [4.69, 9.17) is 4.74 Å². The number of carbonyl (C=O) groups is 2. The van der Waals surface area contributed by atoms with Crippen LogP contribution in [-0.2, 0) is 22.7 Å². The van der Waals surface area contributed by atoms with Crippen LogP contribution < -0.4 is 15.4 Å². The molecule has 0 saturated heterocycles. The smallest absolute Gasteiger partial charge is 0.244 e. The molecule has 0 radical (unpaired) electrons. The first-order valence-electron chi connectivity index (χ1n) is 12.1. The Morgan fingerprint density at radius 2 is 1.76 bits per heavy atom. The van der Waals surface area contributed by atoms with Crippen LogP contribution in [0.25, 0.3) is 17.2 Å². The quantitative estimate of drug-likeness (QED) is 0.319. The predicted octanol–water partition coefficient (Wildman–Crippen LogP) is 4.44. The number of hydrogen-bond donors (Lipinski definition) is 2. The van der Waals surface area contributed by atoms with E-state index < -0.39 is 6.04 Å². The van der Waals surface area contributed by atoms with Crippen LogP contribution in [0.5, 0.6) is 5.75 Å². The van der Waals surface area contributed by atoms with Gasteiger partial charge in [0.2, 0.25) is 11.8 Å². The van der Waals surface area contributed by atoms with Gasteiger partial charge in [-0.05, 0) is 59.0 Å². The molecule has 0 bridgehead atoms. The molecule has 37 heavy (non-hydrogen) atoms. The summed E-state index contributed by atoms with van der Waals surface area (Å²) in [4.78, 5) is 25.0. The normalized spacial score (nSPS) is 11.7. The van der Waals surface area contributed by atoms with Crippen molar-refractivity contribution in [2.45, 2.75) is 26.1 Å². The van der Waals surface area contributed by atoms with Crippen molar-refractivity contribution in [3.8, 4) is 16.9 Å². The van der Waals surface area contributed by atoms with E-state index in [-0.39, 0.29) is 11.8 Å². The molecule has 188 valence electrons. The van der Waals surface area contributed by atoms with Crippen molar-refractivity contribution in [1.82, 2.24) is 20.4 Å². The minimum Gasteiger partial charge on any atom is -0.497 e. The molecule has 0 aliphatic carbocycles. The third-order valence-corrected chi connectivity index (χ3v) is 5.93. The summed E-state index contributed by atoms with van der Waals surface area (Å²) in [6.45, 7) is 2.73. The number of aromatic nitrogens is 2. The Bertz CT molecular complexity index is 1340. The first-order chi connectivity index (χ1) is 18.0. The predicted molar refractivity (Wildman–Crippen MR) is 145 cm³/mol. The van der Waals surface area contributed by atoms with Gasteiger partial charge in [0.05, 0.1) is 13.7 Å². The van der Waals surface area contributed by atoms with E-state index in [0.717, 1.165) is 33.6 Å².